The molecule has 9 heteroatoms. The molecule has 1 amide bonds. The van der Waals surface area contributed by atoms with E-state index in [0.29, 0.717) is 35.1 Å². The van der Waals surface area contributed by atoms with Gasteiger partial charge >= 0.3 is 0 Å². The van der Waals surface area contributed by atoms with Crippen LogP contribution < -0.4 is 21.1 Å². The van der Waals surface area contributed by atoms with Crippen LogP contribution in [-0.4, -0.2) is 43.9 Å². The number of nitrogen functional groups attached to an aromatic ring is 1. The zero-order valence-electron chi connectivity index (χ0n) is 12.7. The maximum absolute atomic E-state index is 12.2. The van der Waals surface area contributed by atoms with E-state index in [9.17, 15) is 9.90 Å². The third-order valence-corrected chi connectivity index (χ3v) is 4.01. The monoisotopic (exact) mass is 385 g/mol. The quantitative estimate of drug-likeness (QED) is 0.588. The van der Waals surface area contributed by atoms with Crippen molar-refractivity contribution in [2.24, 2.45) is 5.92 Å². The minimum Gasteiger partial charge on any atom is -0.496 e. The summed E-state index contributed by atoms with van der Waals surface area (Å²) >= 11 is 5.95. The standard InChI is InChI=1S/C14H20ClN3O3.2ClH/c1-21-13-5-11(16)10(15)4-9(13)14(20)18-6-8-2-3-17-7-12(8)19;;/h4-5,8,12,17,19H,2-3,6-7,16H2,1H3,(H,18,20);2*1H/t8-,12-;;/m0../s1. The molecule has 5 N–H and O–H groups in total. The summed E-state index contributed by atoms with van der Waals surface area (Å²) in [5, 5.41) is 16.1. The Hall–Kier alpha value is -0.920. The number of methoxy groups -OCH3 is 1. The molecular weight excluding hydrogens is 365 g/mol. The molecule has 0 bridgehead atoms. The van der Waals surface area contributed by atoms with Gasteiger partial charge < -0.3 is 26.2 Å². The number of piperidine rings is 1. The van der Waals surface area contributed by atoms with Crippen LogP contribution in [0.3, 0.4) is 0 Å². The second-order valence-electron chi connectivity index (χ2n) is 5.10. The lowest BCUT2D eigenvalue weighted by Gasteiger charge is -2.28. The van der Waals surface area contributed by atoms with Gasteiger partial charge in [0.15, 0.2) is 0 Å². The molecule has 0 aliphatic carbocycles. The molecule has 6 nitrogen and oxygen atoms in total. The number of nitrogens with one attached hydrogen (secondary N) is 2. The molecule has 1 aromatic rings. The first kappa shape index (κ1) is 22.1. The van der Waals surface area contributed by atoms with Gasteiger partial charge in [-0.3, -0.25) is 4.79 Å². The van der Waals surface area contributed by atoms with Gasteiger partial charge in [-0.2, -0.15) is 0 Å². The molecule has 2 atom stereocenters. The molecule has 1 saturated heterocycles. The van der Waals surface area contributed by atoms with Crippen LogP contribution in [0.5, 0.6) is 5.75 Å². The van der Waals surface area contributed by atoms with Gasteiger partial charge in [0.25, 0.3) is 5.91 Å². The van der Waals surface area contributed by atoms with Crippen LogP contribution in [-0.2, 0) is 0 Å². The van der Waals surface area contributed by atoms with Crippen LogP contribution >= 0.6 is 36.4 Å². The van der Waals surface area contributed by atoms with Crippen molar-refractivity contribution in [1.29, 1.82) is 0 Å². The van der Waals surface area contributed by atoms with Crippen molar-refractivity contribution in [2.75, 3.05) is 32.5 Å². The predicted octanol–water partition coefficient (Wildman–Crippen LogP) is 1.47. The lowest BCUT2D eigenvalue weighted by atomic mass is 9.95. The number of halogens is 3. The summed E-state index contributed by atoms with van der Waals surface area (Å²) in [7, 11) is 1.47. The minimum atomic E-state index is -0.448. The lowest BCUT2D eigenvalue weighted by molar-refractivity contribution is 0.0752. The molecule has 1 aliphatic rings. The smallest absolute Gasteiger partial charge is 0.255 e. The van der Waals surface area contributed by atoms with Crippen LogP contribution in [0.25, 0.3) is 0 Å². The highest BCUT2D eigenvalue weighted by Crippen LogP contribution is 2.28. The molecule has 1 heterocycles. The van der Waals surface area contributed by atoms with E-state index in [1.54, 1.807) is 0 Å². The Labute approximate surface area is 152 Å². The Kier molecular flexibility index (Phi) is 9.65. The van der Waals surface area contributed by atoms with Gasteiger partial charge in [0.2, 0.25) is 0 Å². The average Bonchev–Trinajstić information content (AvgIpc) is 2.48. The second kappa shape index (κ2) is 10.1. The fraction of sp³-hybridized carbons (Fsp3) is 0.500. The van der Waals surface area contributed by atoms with Crippen molar-refractivity contribution in [2.45, 2.75) is 12.5 Å². The topological polar surface area (TPSA) is 96.6 Å². The third kappa shape index (κ3) is 5.58. The van der Waals surface area contributed by atoms with Gasteiger partial charge in [-0.1, -0.05) is 11.6 Å². The Morgan fingerprint density at radius 2 is 2.22 bits per heavy atom. The lowest BCUT2D eigenvalue weighted by Crippen LogP contribution is -2.45. The molecule has 0 aromatic heterocycles. The summed E-state index contributed by atoms with van der Waals surface area (Å²) in [6.07, 6.45) is 0.372. The number of benzene rings is 1. The van der Waals surface area contributed by atoms with Crippen LogP contribution in [0.4, 0.5) is 5.69 Å². The fourth-order valence-electron chi connectivity index (χ4n) is 2.37. The largest absolute Gasteiger partial charge is 0.496 e. The van der Waals surface area contributed by atoms with Gasteiger partial charge in [0.05, 0.1) is 29.5 Å². The van der Waals surface area contributed by atoms with Crippen LogP contribution in [0.2, 0.25) is 5.02 Å². The normalized spacial score (nSPS) is 20.0. The molecule has 132 valence electrons. The molecule has 1 aliphatic heterocycles. The van der Waals surface area contributed by atoms with E-state index >= 15 is 0 Å². The van der Waals surface area contributed by atoms with Gasteiger partial charge in [0.1, 0.15) is 5.75 Å². The minimum absolute atomic E-state index is 0. The molecule has 1 fully saturated rings. The first-order valence-corrected chi connectivity index (χ1v) is 7.20. The number of anilines is 1. The number of carbonyl (C=O) groups is 1. The third-order valence-electron chi connectivity index (χ3n) is 3.68. The predicted molar refractivity (Wildman–Crippen MR) is 96.2 cm³/mol. The van der Waals surface area contributed by atoms with Crippen molar-refractivity contribution < 1.29 is 14.6 Å². The summed E-state index contributed by atoms with van der Waals surface area (Å²) < 4.78 is 5.16. The number of rotatable bonds is 4. The molecule has 0 saturated carbocycles. The van der Waals surface area contributed by atoms with E-state index in [1.165, 1.54) is 19.2 Å². The second-order valence-corrected chi connectivity index (χ2v) is 5.51. The highest BCUT2D eigenvalue weighted by molar-refractivity contribution is 6.33. The SMILES string of the molecule is COc1cc(N)c(Cl)cc1C(=O)NC[C@@H]1CCNC[C@@H]1O.Cl.Cl. The van der Waals surface area contributed by atoms with Gasteiger partial charge in [-0.15, -0.1) is 24.8 Å². The van der Waals surface area contributed by atoms with E-state index in [-0.39, 0.29) is 36.6 Å². The average molecular weight is 387 g/mol. The number of aliphatic hydroxyl groups is 1. The van der Waals surface area contributed by atoms with E-state index in [2.05, 4.69) is 10.6 Å². The number of hydrogen-bond acceptors (Lipinski definition) is 5. The van der Waals surface area contributed by atoms with Crippen LogP contribution in [0.1, 0.15) is 16.8 Å². The number of ether oxygens (including phenoxy) is 1. The molecule has 1 aromatic carbocycles. The summed E-state index contributed by atoms with van der Waals surface area (Å²) in [5.41, 5.74) is 6.38. The summed E-state index contributed by atoms with van der Waals surface area (Å²) in [5.74, 6) is 0.130. The van der Waals surface area contributed by atoms with Gasteiger partial charge in [-0.25, -0.2) is 0 Å². The highest BCUT2D eigenvalue weighted by Gasteiger charge is 2.24. The number of aliphatic hydroxyl groups excluding tert-OH is 1. The van der Waals surface area contributed by atoms with Crippen LogP contribution in [0, 0.1) is 5.92 Å². The molecule has 23 heavy (non-hydrogen) atoms. The van der Waals surface area contributed by atoms with Crippen molar-refractivity contribution in [3.05, 3.63) is 22.7 Å². The number of β-amino-alcohol motifs (C(OH)–C–C–N with tert-alkyl or cyclic N) is 1. The summed E-state index contributed by atoms with van der Waals surface area (Å²) in [6, 6.07) is 3.01. The van der Waals surface area contributed by atoms with E-state index in [0.717, 1.165) is 13.0 Å². The van der Waals surface area contributed by atoms with Crippen molar-refractivity contribution in [1.82, 2.24) is 10.6 Å². The number of amides is 1. The molecule has 2 rings (SSSR count). The Morgan fingerprint density at radius 3 is 2.83 bits per heavy atom. The zero-order chi connectivity index (χ0) is 15.4. The van der Waals surface area contributed by atoms with E-state index < -0.39 is 6.10 Å². The molecule has 0 unspecified atom stereocenters. The maximum atomic E-state index is 12.2. The maximum Gasteiger partial charge on any atom is 0.255 e. The summed E-state index contributed by atoms with van der Waals surface area (Å²) in [6.45, 7) is 1.80. The Morgan fingerprint density at radius 1 is 1.52 bits per heavy atom. The Balaban J connectivity index is 0.00000242. The van der Waals surface area contributed by atoms with Crippen LogP contribution in [0.15, 0.2) is 12.1 Å². The molecular formula is C14H22Cl3N3O3. The Bertz CT molecular complexity index is 531. The van der Waals surface area contributed by atoms with E-state index in [1.807, 2.05) is 0 Å². The molecule has 0 spiro atoms. The number of carbonyl (C=O) groups excluding carboxylic acids is 1. The zero-order valence-corrected chi connectivity index (χ0v) is 15.1. The van der Waals surface area contributed by atoms with Gasteiger partial charge in [0, 0.05) is 25.1 Å². The van der Waals surface area contributed by atoms with Gasteiger partial charge in [-0.05, 0) is 19.0 Å². The highest BCUT2D eigenvalue weighted by atomic mass is 35.5. The first-order valence-electron chi connectivity index (χ1n) is 6.83. The number of nitrogens with two attached hydrogens (primary N) is 1. The fourth-order valence-corrected chi connectivity index (χ4v) is 2.53. The first-order chi connectivity index (χ1) is 10.0. The van der Waals surface area contributed by atoms with Crippen molar-refractivity contribution >= 4 is 48.0 Å². The van der Waals surface area contributed by atoms with Crippen molar-refractivity contribution in [3.8, 4) is 5.75 Å². The van der Waals surface area contributed by atoms with E-state index in [4.69, 9.17) is 22.1 Å². The number of hydrogen-bond donors (Lipinski definition) is 4. The van der Waals surface area contributed by atoms with Crippen molar-refractivity contribution in [3.63, 3.8) is 0 Å². The summed E-state index contributed by atoms with van der Waals surface area (Å²) in [4.78, 5) is 12.2. The molecule has 0 radical (unpaired) electrons.